The molecule has 0 fully saturated rings. The van der Waals surface area contributed by atoms with Gasteiger partial charge in [0, 0.05) is 6.42 Å². The van der Waals surface area contributed by atoms with Crippen LogP contribution in [0.4, 0.5) is 0 Å². The van der Waals surface area contributed by atoms with E-state index in [0.29, 0.717) is 6.54 Å². The Kier molecular flexibility index (Phi) is 4.26. The minimum Gasteiger partial charge on any atom is -0.444 e. The average Bonchev–Trinajstić information content (AvgIpc) is 2.60. The van der Waals surface area contributed by atoms with Crippen molar-refractivity contribution in [3.8, 4) is 0 Å². The molecule has 0 spiro atoms. The summed E-state index contributed by atoms with van der Waals surface area (Å²) in [5.74, 6) is 1.71. The van der Waals surface area contributed by atoms with Gasteiger partial charge in [-0.2, -0.15) is 0 Å². The number of nitrogens with zero attached hydrogens (tertiary/aromatic N) is 1. The summed E-state index contributed by atoms with van der Waals surface area (Å²) in [7, 11) is 0. The van der Waals surface area contributed by atoms with Gasteiger partial charge in [-0.1, -0.05) is 13.0 Å². The standard InChI is InChI=1S/C10H16N2O/c1-3-5-6-11-8-10-12-7-9(4-2)13-10/h3,7,11H,1,4-6,8H2,2H3. The van der Waals surface area contributed by atoms with Crippen LogP contribution in [0.25, 0.3) is 0 Å². The van der Waals surface area contributed by atoms with Crippen LogP contribution in [0.15, 0.2) is 23.3 Å². The molecule has 0 unspecified atom stereocenters. The third kappa shape index (κ3) is 3.42. The van der Waals surface area contributed by atoms with Crippen molar-refractivity contribution in [2.45, 2.75) is 26.3 Å². The van der Waals surface area contributed by atoms with E-state index < -0.39 is 0 Å². The van der Waals surface area contributed by atoms with Crippen LogP contribution in [0.2, 0.25) is 0 Å². The minimum absolute atomic E-state index is 0.702. The summed E-state index contributed by atoms with van der Waals surface area (Å²) < 4.78 is 5.41. The maximum atomic E-state index is 5.41. The lowest BCUT2D eigenvalue weighted by atomic mass is 10.4. The predicted molar refractivity (Wildman–Crippen MR) is 52.4 cm³/mol. The maximum absolute atomic E-state index is 5.41. The maximum Gasteiger partial charge on any atom is 0.208 e. The Balaban J connectivity index is 2.24. The van der Waals surface area contributed by atoms with Crippen molar-refractivity contribution in [2.24, 2.45) is 0 Å². The molecular weight excluding hydrogens is 164 g/mol. The second kappa shape index (κ2) is 5.54. The molecule has 1 aromatic rings. The van der Waals surface area contributed by atoms with Gasteiger partial charge in [0.05, 0.1) is 12.7 Å². The zero-order valence-corrected chi connectivity index (χ0v) is 8.05. The van der Waals surface area contributed by atoms with Gasteiger partial charge in [-0.05, 0) is 13.0 Å². The lowest BCUT2D eigenvalue weighted by Crippen LogP contribution is -2.14. The Morgan fingerprint density at radius 2 is 2.54 bits per heavy atom. The van der Waals surface area contributed by atoms with E-state index in [1.54, 1.807) is 6.20 Å². The van der Waals surface area contributed by atoms with E-state index in [9.17, 15) is 0 Å². The average molecular weight is 180 g/mol. The van der Waals surface area contributed by atoms with Crippen LogP contribution in [-0.2, 0) is 13.0 Å². The van der Waals surface area contributed by atoms with Crippen molar-refractivity contribution in [3.63, 3.8) is 0 Å². The molecule has 1 rings (SSSR count). The van der Waals surface area contributed by atoms with Gasteiger partial charge in [0.15, 0.2) is 0 Å². The molecule has 0 amide bonds. The number of aromatic nitrogens is 1. The van der Waals surface area contributed by atoms with Gasteiger partial charge in [-0.15, -0.1) is 6.58 Å². The van der Waals surface area contributed by atoms with Crippen molar-refractivity contribution in [1.82, 2.24) is 10.3 Å². The smallest absolute Gasteiger partial charge is 0.208 e. The van der Waals surface area contributed by atoms with Crippen LogP contribution in [0.1, 0.15) is 25.0 Å². The molecule has 0 aliphatic rings. The Hall–Kier alpha value is -1.09. The van der Waals surface area contributed by atoms with Gasteiger partial charge in [0.1, 0.15) is 5.76 Å². The number of nitrogens with one attached hydrogen (secondary N) is 1. The highest BCUT2D eigenvalue weighted by atomic mass is 16.4. The lowest BCUT2D eigenvalue weighted by molar-refractivity contribution is 0.440. The molecule has 0 aliphatic heterocycles. The first-order chi connectivity index (χ1) is 6.36. The van der Waals surface area contributed by atoms with Gasteiger partial charge in [-0.25, -0.2) is 4.98 Å². The van der Waals surface area contributed by atoms with Gasteiger partial charge >= 0.3 is 0 Å². The second-order valence-electron chi connectivity index (χ2n) is 2.83. The fourth-order valence-electron chi connectivity index (χ4n) is 0.993. The summed E-state index contributed by atoms with van der Waals surface area (Å²) in [6.07, 6.45) is 5.55. The molecule has 0 saturated heterocycles. The van der Waals surface area contributed by atoms with Crippen LogP contribution < -0.4 is 5.32 Å². The summed E-state index contributed by atoms with van der Waals surface area (Å²) in [6, 6.07) is 0. The number of hydrogen-bond donors (Lipinski definition) is 1. The van der Waals surface area contributed by atoms with E-state index >= 15 is 0 Å². The van der Waals surface area contributed by atoms with Gasteiger partial charge in [0.2, 0.25) is 5.89 Å². The van der Waals surface area contributed by atoms with Crippen molar-refractivity contribution in [2.75, 3.05) is 6.54 Å². The van der Waals surface area contributed by atoms with Crippen LogP contribution in [0.5, 0.6) is 0 Å². The Morgan fingerprint density at radius 1 is 1.69 bits per heavy atom. The Bertz CT molecular complexity index is 255. The van der Waals surface area contributed by atoms with Gasteiger partial charge < -0.3 is 9.73 Å². The highest BCUT2D eigenvalue weighted by Gasteiger charge is 2.00. The van der Waals surface area contributed by atoms with Gasteiger partial charge in [0.25, 0.3) is 0 Å². The third-order valence-corrected chi connectivity index (χ3v) is 1.75. The largest absolute Gasteiger partial charge is 0.444 e. The quantitative estimate of drug-likeness (QED) is 0.536. The molecule has 3 heteroatoms. The Labute approximate surface area is 78.9 Å². The van der Waals surface area contributed by atoms with E-state index in [0.717, 1.165) is 31.0 Å². The molecule has 0 aliphatic carbocycles. The summed E-state index contributed by atoms with van der Waals surface area (Å²) in [6.45, 7) is 7.32. The summed E-state index contributed by atoms with van der Waals surface area (Å²) in [4.78, 5) is 4.13. The topological polar surface area (TPSA) is 38.1 Å². The van der Waals surface area contributed by atoms with E-state index in [4.69, 9.17) is 4.42 Å². The van der Waals surface area contributed by atoms with E-state index in [1.807, 2.05) is 6.08 Å². The summed E-state index contributed by atoms with van der Waals surface area (Å²) >= 11 is 0. The molecule has 0 saturated carbocycles. The van der Waals surface area contributed by atoms with E-state index in [2.05, 4.69) is 23.8 Å². The highest BCUT2D eigenvalue weighted by Crippen LogP contribution is 2.03. The first-order valence-corrected chi connectivity index (χ1v) is 4.62. The zero-order valence-electron chi connectivity index (χ0n) is 8.05. The van der Waals surface area contributed by atoms with Crippen LogP contribution >= 0.6 is 0 Å². The van der Waals surface area contributed by atoms with Crippen molar-refractivity contribution in [1.29, 1.82) is 0 Å². The number of aryl methyl sites for hydroxylation is 1. The molecule has 1 heterocycles. The van der Waals surface area contributed by atoms with Crippen LogP contribution in [0, 0.1) is 0 Å². The molecule has 3 nitrogen and oxygen atoms in total. The number of oxazole rings is 1. The molecule has 1 N–H and O–H groups in total. The normalized spacial score (nSPS) is 10.2. The zero-order chi connectivity index (χ0) is 9.52. The Morgan fingerprint density at radius 3 is 3.15 bits per heavy atom. The molecule has 13 heavy (non-hydrogen) atoms. The summed E-state index contributed by atoms with van der Waals surface area (Å²) in [5, 5.41) is 3.21. The van der Waals surface area contributed by atoms with Crippen molar-refractivity contribution >= 4 is 0 Å². The fourth-order valence-corrected chi connectivity index (χ4v) is 0.993. The first kappa shape index (κ1) is 9.99. The lowest BCUT2D eigenvalue weighted by Gasteiger charge is -1.97. The van der Waals surface area contributed by atoms with Crippen molar-refractivity contribution in [3.05, 3.63) is 30.5 Å². The van der Waals surface area contributed by atoms with Crippen molar-refractivity contribution < 1.29 is 4.42 Å². The molecule has 0 aromatic carbocycles. The van der Waals surface area contributed by atoms with E-state index in [-0.39, 0.29) is 0 Å². The van der Waals surface area contributed by atoms with Crippen LogP contribution in [-0.4, -0.2) is 11.5 Å². The van der Waals surface area contributed by atoms with Crippen LogP contribution in [0.3, 0.4) is 0 Å². The molecule has 72 valence electrons. The summed E-state index contributed by atoms with van der Waals surface area (Å²) in [5.41, 5.74) is 0. The predicted octanol–water partition coefficient (Wildman–Crippen LogP) is 1.90. The van der Waals surface area contributed by atoms with Gasteiger partial charge in [-0.3, -0.25) is 0 Å². The molecule has 0 atom stereocenters. The molecule has 0 radical (unpaired) electrons. The number of rotatable bonds is 6. The third-order valence-electron chi connectivity index (χ3n) is 1.75. The SMILES string of the molecule is C=CCCNCc1ncc(CC)o1. The fraction of sp³-hybridized carbons (Fsp3) is 0.500. The first-order valence-electron chi connectivity index (χ1n) is 4.62. The monoisotopic (exact) mass is 180 g/mol. The molecule has 1 aromatic heterocycles. The minimum atomic E-state index is 0.702. The number of hydrogen-bond acceptors (Lipinski definition) is 3. The molecule has 0 bridgehead atoms. The second-order valence-corrected chi connectivity index (χ2v) is 2.83. The molecular formula is C10H16N2O. The highest BCUT2D eigenvalue weighted by molar-refractivity contribution is 4.93. The van der Waals surface area contributed by atoms with E-state index in [1.165, 1.54) is 0 Å².